The number of phenols is 1. The number of allylic oxidation sites excluding steroid dienone is 1. The quantitative estimate of drug-likeness (QED) is 0.0774. The number of β-lactam (4-membered cyclic amide) rings is 1. The highest BCUT2D eigenvalue weighted by Crippen LogP contribution is 2.41. The second-order valence-electron chi connectivity index (χ2n) is 11.5. The number of carboxylic acid groups (broad SMARTS) is 1. The SMILES string of the molecule is O=C(C[n+]1ccc(CN2CC/C(=C\C3=C(C(=O)O)N4C(=O)C(NC(=O)CSc5ccccc5)C4SC3)C2=O)cc1)Nc1ccc(O)c(F)c1. The predicted octanol–water partition coefficient (Wildman–Crippen LogP) is 2.65. The van der Waals surface area contributed by atoms with Crippen LogP contribution in [0.1, 0.15) is 12.0 Å². The highest BCUT2D eigenvalue weighted by atomic mass is 32.2. The number of nitrogens with one attached hydrogen (secondary N) is 2. The van der Waals surface area contributed by atoms with E-state index in [1.54, 1.807) is 40.1 Å². The van der Waals surface area contributed by atoms with Crippen molar-refractivity contribution in [2.24, 2.45) is 0 Å². The minimum Gasteiger partial charge on any atom is -0.505 e. The lowest BCUT2D eigenvalue weighted by molar-refractivity contribution is -0.684. The molecule has 0 spiro atoms. The predicted molar refractivity (Wildman–Crippen MR) is 178 cm³/mol. The first-order valence-corrected chi connectivity index (χ1v) is 17.3. The van der Waals surface area contributed by atoms with E-state index in [9.17, 15) is 38.6 Å². The van der Waals surface area contributed by atoms with E-state index in [-0.39, 0.29) is 41.2 Å². The monoisotopic (exact) mass is 704 g/mol. The van der Waals surface area contributed by atoms with Crippen LogP contribution in [0.25, 0.3) is 0 Å². The van der Waals surface area contributed by atoms with E-state index in [4.69, 9.17) is 0 Å². The molecule has 3 aliphatic rings. The molecule has 3 aliphatic heterocycles. The lowest BCUT2D eigenvalue weighted by Crippen LogP contribution is -2.70. The van der Waals surface area contributed by atoms with Gasteiger partial charge in [-0.15, -0.1) is 23.5 Å². The van der Waals surface area contributed by atoms with Crippen LogP contribution >= 0.6 is 23.5 Å². The molecule has 0 radical (unpaired) electrons. The fourth-order valence-electron chi connectivity index (χ4n) is 5.67. The van der Waals surface area contributed by atoms with Gasteiger partial charge in [0.05, 0.1) is 5.75 Å². The van der Waals surface area contributed by atoms with Crippen molar-refractivity contribution in [3.05, 3.63) is 107 Å². The van der Waals surface area contributed by atoms with E-state index in [2.05, 4.69) is 10.6 Å². The summed E-state index contributed by atoms with van der Waals surface area (Å²) in [6, 6.07) is 15.7. The first-order valence-electron chi connectivity index (χ1n) is 15.2. The van der Waals surface area contributed by atoms with E-state index in [1.807, 2.05) is 30.3 Å². The van der Waals surface area contributed by atoms with Crippen molar-refractivity contribution >= 4 is 58.8 Å². The van der Waals surface area contributed by atoms with Crippen molar-refractivity contribution in [3.8, 4) is 5.75 Å². The Morgan fingerprint density at radius 3 is 2.53 bits per heavy atom. The number of halogens is 1. The van der Waals surface area contributed by atoms with Gasteiger partial charge >= 0.3 is 5.97 Å². The molecule has 4 heterocycles. The van der Waals surface area contributed by atoms with Crippen LogP contribution in [0, 0.1) is 5.82 Å². The maximum atomic E-state index is 13.5. The maximum Gasteiger partial charge on any atom is 0.352 e. The molecule has 12 nitrogen and oxygen atoms in total. The van der Waals surface area contributed by atoms with Gasteiger partial charge in [-0.05, 0) is 47.9 Å². The van der Waals surface area contributed by atoms with Crippen LogP contribution in [0.15, 0.2) is 101 Å². The number of likely N-dealkylation sites (tertiary alicyclic amines) is 1. The van der Waals surface area contributed by atoms with Crippen molar-refractivity contribution in [2.45, 2.75) is 35.8 Å². The van der Waals surface area contributed by atoms with Gasteiger partial charge in [0.1, 0.15) is 17.1 Å². The summed E-state index contributed by atoms with van der Waals surface area (Å²) in [5, 5.41) is 24.1. The molecule has 0 aliphatic carbocycles. The molecule has 2 unspecified atom stereocenters. The summed E-state index contributed by atoms with van der Waals surface area (Å²) in [4.78, 5) is 67.4. The summed E-state index contributed by atoms with van der Waals surface area (Å²) >= 11 is 2.68. The minimum absolute atomic E-state index is 0.0435. The molecule has 1 aromatic heterocycles. The Balaban J connectivity index is 1.04. The normalized spacial score (nSPS) is 19.5. The molecule has 4 N–H and O–H groups in total. The van der Waals surface area contributed by atoms with Crippen LogP contribution in [0.5, 0.6) is 5.75 Å². The molecule has 6 rings (SSSR count). The average molecular weight is 705 g/mol. The number of carbonyl (C=O) groups is 5. The Morgan fingerprint density at radius 2 is 1.82 bits per heavy atom. The fraction of sp³-hybridized carbons (Fsp3) is 0.235. The number of aliphatic carboxylic acids is 1. The molecule has 15 heteroatoms. The van der Waals surface area contributed by atoms with Crippen molar-refractivity contribution in [1.29, 1.82) is 0 Å². The van der Waals surface area contributed by atoms with Gasteiger partial charge in [-0.1, -0.05) is 18.2 Å². The molecule has 49 heavy (non-hydrogen) atoms. The van der Waals surface area contributed by atoms with Gasteiger partial charge in [0.2, 0.25) is 18.4 Å². The zero-order chi connectivity index (χ0) is 34.7. The smallest absolute Gasteiger partial charge is 0.352 e. The van der Waals surface area contributed by atoms with Crippen molar-refractivity contribution in [2.75, 3.05) is 23.4 Å². The van der Waals surface area contributed by atoms with Crippen LogP contribution in [-0.4, -0.2) is 79.1 Å². The van der Waals surface area contributed by atoms with Crippen LogP contribution in [-0.2, 0) is 37.1 Å². The highest BCUT2D eigenvalue weighted by Gasteiger charge is 2.54. The van der Waals surface area contributed by atoms with E-state index >= 15 is 0 Å². The molecule has 2 saturated heterocycles. The molecule has 3 aromatic rings. The molecule has 4 amide bonds. The largest absolute Gasteiger partial charge is 0.505 e. The summed E-state index contributed by atoms with van der Waals surface area (Å²) < 4.78 is 15.2. The number of nitrogens with zero attached hydrogens (tertiary/aromatic N) is 3. The number of hydrogen-bond acceptors (Lipinski definition) is 8. The number of amides is 4. The number of aromatic nitrogens is 1. The van der Waals surface area contributed by atoms with Crippen molar-refractivity contribution < 1.29 is 43.1 Å². The zero-order valence-electron chi connectivity index (χ0n) is 25.9. The Morgan fingerprint density at radius 1 is 1.06 bits per heavy atom. The van der Waals surface area contributed by atoms with Crippen molar-refractivity contribution in [3.63, 3.8) is 0 Å². The summed E-state index contributed by atoms with van der Waals surface area (Å²) in [7, 11) is 0. The van der Waals surface area contributed by atoms with Gasteiger partial charge in [0.15, 0.2) is 24.0 Å². The second-order valence-corrected chi connectivity index (χ2v) is 13.6. The Labute approximate surface area is 288 Å². The Kier molecular flexibility index (Phi) is 10.0. The standard InChI is InChI=1S/C34H30FN5O7S2/c35-25-15-23(6-7-26(25)41)36-27(42)17-38-11-8-20(9-12-38)16-39-13-10-21(31(39)44)14-22-18-49-33-29(32(45)40(33)30(22)34(46)47)37-28(43)19-48-24-4-2-1-3-5-24/h1-9,11-12,14-15,29,33H,10,13,16-19H2,(H3-,36,37,41,42,43,46,47)/p+1/b21-14+. The number of rotatable bonds is 11. The summed E-state index contributed by atoms with van der Waals surface area (Å²) in [6.07, 6.45) is 5.35. The molecule has 2 fully saturated rings. The third-order valence-electron chi connectivity index (χ3n) is 8.08. The lowest BCUT2D eigenvalue weighted by atomic mass is 10.0. The number of fused-ring (bicyclic) bond motifs is 1. The van der Waals surface area contributed by atoms with Crippen LogP contribution in [0.3, 0.4) is 0 Å². The number of hydrogen-bond donors (Lipinski definition) is 4. The van der Waals surface area contributed by atoms with Crippen LogP contribution in [0.4, 0.5) is 10.1 Å². The molecule has 0 bridgehead atoms. The molecular weight excluding hydrogens is 674 g/mol. The van der Waals surface area contributed by atoms with Gasteiger partial charge in [-0.2, -0.15) is 4.57 Å². The lowest BCUT2D eigenvalue weighted by Gasteiger charge is -2.49. The maximum absolute atomic E-state index is 13.5. The minimum atomic E-state index is -1.28. The molecule has 2 aromatic carbocycles. The summed E-state index contributed by atoms with van der Waals surface area (Å²) in [5.41, 5.74) is 1.66. The number of carbonyl (C=O) groups excluding carboxylic acids is 4. The number of anilines is 1. The van der Waals surface area contributed by atoms with E-state index in [1.165, 1.54) is 34.5 Å². The Bertz CT molecular complexity index is 1890. The van der Waals surface area contributed by atoms with Crippen molar-refractivity contribution in [1.82, 2.24) is 15.1 Å². The zero-order valence-corrected chi connectivity index (χ0v) is 27.5. The van der Waals surface area contributed by atoms with E-state index in [0.29, 0.717) is 30.7 Å². The number of pyridine rings is 1. The van der Waals surface area contributed by atoms with E-state index < -0.39 is 40.8 Å². The van der Waals surface area contributed by atoms with Gasteiger partial charge in [0.25, 0.3) is 11.8 Å². The van der Waals surface area contributed by atoms with Crippen LogP contribution < -0.4 is 15.2 Å². The van der Waals surface area contributed by atoms with Gasteiger partial charge in [-0.3, -0.25) is 24.1 Å². The first-order chi connectivity index (χ1) is 23.6. The number of thioether (sulfide) groups is 2. The first kappa shape index (κ1) is 33.7. The number of benzene rings is 2. The third-order valence-corrected chi connectivity index (χ3v) is 10.4. The fourth-order valence-corrected chi connectivity index (χ4v) is 7.70. The molecule has 252 valence electrons. The topological polar surface area (TPSA) is 160 Å². The van der Waals surface area contributed by atoms with Gasteiger partial charge in [-0.25, -0.2) is 9.18 Å². The summed E-state index contributed by atoms with van der Waals surface area (Å²) in [5.74, 6) is -3.71. The molecule has 0 saturated carbocycles. The van der Waals surface area contributed by atoms with Crippen LogP contribution in [0.2, 0.25) is 0 Å². The third kappa shape index (κ3) is 7.62. The highest BCUT2D eigenvalue weighted by molar-refractivity contribution is 8.00. The van der Waals surface area contributed by atoms with Gasteiger partial charge in [0, 0.05) is 53.2 Å². The number of phenolic OH excluding ortho intramolecular Hbond substituents is 1. The Hall–Kier alpha value is -5.15. The van der Waals surface area contributed by atoms with Gasteiger partial charge < -0.3 is 25.7 Å². The second kappa shape index (κ2) is 14.5. The number of aromatic hydroxyl groups is 1. The molecular formula is C34H31FN5O7S2+. The summed E-state index contributed by atoms with van der Waals surface area (Å²) in [6.45, 7) is 0.679. The molecule has 2 atom stereocenters. The van der Waals surface area contributed by atoms with E-state index in [0.717, 1.165) is 22.6 Å². The average Bonchev–Trinajstić information content (AvgIpc) is 3.42. The number of carboxylic acids is 1.